The quantitative estimate of drug-likeness (QED) is 0.622. The second-order valence-corrected chi connectivity index (χ2v) is 3.30. The van der Waals surface area contributed by atoms with Crippen molar-refractivity contribution in [2.45, 2.75) is 33.6 Å². The van der Waals surface area contributed by atoms with Gasteiger partial charge in [0.25, 0.3) is 0 Å². The summed E-state index contributed by atoms with van der Waals surface area (Å²) in [6.07, 6.45) is 2.68. The summed E-state index contributed by atoms with van der Waals surface area (Å²) in [5.74, 6) is 1.70. The first-order valence-electron chi connectivity index (χ1n) is 4.37. The fourth-order valence-electron chi connectivity index (χ4n) is 1.26. The molecular formula is C9H21N. The summed E-state index contributed by atoms with van der Waals surface area (Å²) in [5, 5.41) is 3.21. The molecule has 0 bridgehead atoms. The third kappa shape index (κ3) is 3.89. The summed E-state index contributed by atoms with van der Waals surface area (Å²) in [6, 6.07) is 0. The highest BCUT2D eigenvalue weighted by Crippen LogP contribution is 2.15. The highest BCUT2D eigenvalue weighted by atomic mass is 14.8. The summed E-state index contributed by atoms with van der Waals surface area (Å²) in [6.45, 7) is 8.06. The predicted octanol–water partition coefficient (Wildman–Crippen LogP) is 2.28. The van der Waals surface area contributed by atoms with Gasteiger partial charge in [0.1, 0.15) is 0 Å². The predicted molar refractivity (Wildman–Crippen MR) is 47.2 cm³/mol. The fraction of sp³-hybridized carbons (Fsp3) is 1.00. The van der Waals surface area contributed by atoms with Gasteiger partial charge in [0.05, 0.1) is 0 Å². The third-order valence-electron chi connectivity index (χ3n) is 2.24. The van der Waals surface area contributed by atoms with Crippen LogP contribution in [0.2, 0.25) is 0 Å². The Morgan fingerprint density at radius 3 is 2.20 bits per heavy atom. The zero-order valence-corrected chi connectivity index (χ0v) is 7.78. The normalized spacial score (nSPS) is 16.8. The maximum atomic E-state index is 3.21. The Morgan fingerprint density at radius 2 is 1.80 bits per heavy atom. The van der Waals surface area contributed by atoms with Gasteiger partial charge in [-0.15, -0.1) is 0 Å². The molecule has 62 valence electrons. The molecule has 2 atom stereocenters. The van der Waals surface area contributed by atoms with Gasteiger partial charge in [-0.1, -0.05) is 33.6 Å². The van der Waals surface area contributed by atoms with Crippen molar-refractivity contribution in [2.75, 3.05) is 13.6 Å². The molecule has 0 spiro atoms. The first-order valence-corrected chi connectivity index (χ1v) is 4.37. The van der Waals surface area contributed by atoms with Crippen LogP contribution in [-0.2, 0) is 0 Å². The van der Waals surface area contributed by atoms with Gasteiger partial charge in [0.2, 0.25) is 0 Å². The van der Waals surface area contributed by atoms with Crippen LogP contribution in [0.15, 0.2) is 0 Å². The zero-order chi connectivity index (χ0) is 7.98. The van der Waals surface area contributed by atoms with E-state index < -0.39 is 0 Å². The van der Waals surface area contributed by atoms with E-state index in [1.54, 1.807) is 0 Å². The monoisotopic (exact) mass is 143 g/mol. The second kappa shape index (κ2) is 5.72. The lowest BCUT2D eigenvalue weighted by Crippen LogP contribution is -2.21. The lowest BCUT2D eigenvalue weighted by atomic mass is 9.92. The first kappa shape index (κ1) is 9.96. The maximum Gasteiger partial charge on any atom is -0.00236 e. The summed E-state index contributed by atoms with van der Waals surface area (Å²) in [5.41, 5.74) is 0. The number of hydrogen-bond acceptors (Lipinski definition) is 1. The molecule has 0 aromatic rings. The van der Waals surface area contributed by atoms with Crippen LogP contribution in [-0.4, -0.2) is 13.6 Å². The largest absolute Gasteiger partial charge is 0.319 e. The van der Waals surface area contributed by atoms with Crippen molar-refractivity contribution in [3.05, 3.63) is 0 Å². The average molecular weight is 143 g/mol. The Balaban J connectivity index is 3.38. The Kier molecular flexibility index (Phi) is 5.70. The van der Waals surface area contributed by atoms with Crippen molar-refractivity contribution in [3.8, 4) is 0 Å². The Morgan fingerprint density at radius 1 is 1.20 bits per heavy atom. The van der Waals surface area contributed by atoms with Crippen LogP contribution >= 0.6 is 0 Å². The van der Waals surface area contributed by atoms with Gasteiger partial charge in [-0.05, 0) is 25.4 Å². The summed E-state index contributed by atoms with van der Waals surface area (Å²) in [7, 11) is 2.02. The minimum Gasteiger partial charge on any atom is -0.319 e. The van der Waals surface area contributed by atoms with Gasteiger partial charge >= 0.3 is 0 Å². The molecule has 0 unspecified atom stereocenters. The Labute approximate surface area is 65.2 Å². The number of rotatable bonds is 5. The van der Waals surface area contributed by atoms with Crippen molar-refractivity contribution in [1.82, 2.24) is 5.32 Å². The zero-order valence-electron chi connectivity index (χ0n) is 7.78. The molecule has 0 radical (unpaired) electrons. The number of hydrogen-bond donors (Lipinski definition) is 1. The van der Waals surface area contributed by atoms with E-state index in [9.17, 15) is 0 Å². The van der Waals surface area contributed by atoms with Gasteiger partial charge in [-0.3, -0.25) is 0 Å². The highest BCUT2D eigenvalue weighted by molar-refractivity contribution is 4.62. The standard InChI is InChI=1S/C9H21N/c1-5-6-8(2)9(3)7-10-4/h8-10H,5-7H2,1-4H3/t8-,9-/m0/s1. The second-order valence-electron chi connectivity index (χ2n) is 3.30. The molecule has 0 rings (SSSR count). The fourth-order valence-corrected chi connectivity index (χ4v) is 1.26. The lowest BCUT2D eigenvalue weighted by molar-refractivity contribution is 0.352. The molecule has 1 nitrogen and oxygen atoms in total. The van der Waals surface area contributed by atoms with Crippen LogP contribution in [0, 0.1) is 11.8 Å². The minimum absolute atomic E-state index is 0.824. The van der Waals surface area contributed by atoms with Crippen molar-refractivity contribution in [3.63, 3.8) is 0 Å². The highest BCUT2D eigenvalue weighted by Gasteiger charge is 2.08. The van der Waals surface area contributed by atoms with E-state index in [1.165, 1.54) is 12.8 Å². The van der Waals surface area contributed by atoms with Crippen molar-refractivity contribution in [1.29, 1.82) is 0 Å². The molecule has 0 heterocycles. The Hall–Kier alpha value is -0.0400. The van der Waals surface area contributed by atoms with Gasteiger partial charge in [-0.25, -0.2) is 0 Å². The lowest BCUT2D eigenvalue weighted by Gasteiger charge is -2.18. The summed E-state index contributed by atoms with van der Waals surface area (Å²) < 4.78 is 0. The van der Waals surface area contributed by atoms with Crippen LogP contribution in [0.25, 0.3) is 0 Å². The molecule has 10 heavy (non-hydrogen) atoms. The van der Waals surface area contributed by atoms with Crippen molar-refractivity contribution in [2.24, 2.45) is 11.8 Å². The van der Waals surface area contributed by atoms with Crippen LogP contribution in [0.1, 0.15) is 33.6 Å². The van der Waals surface area contributed by atoms with Gasteiger partial charge in [0, 0.05) is 0 Å². The molecule has 0 saturated heterocycles. The topological polar surface area (TPSA) is 12.0 Å². The smallest absolute Gasteiger partial charge is 0.00236 e. The molecule has 0 aromatic carbocycles. The third-order valence-corrected chi connectivity index (χ3v) is 2.24. The number of nitrogens with one attached hydrogen (secondary N) is 1. The van der Waals surface area contributed by atoms with Crippen molar-refractivity contribution < 1.29 is 0 Å². The van der Waals surface area contributed by atoms with Crippen LogP contribution in [0.4, 0.5) is 0 Å². The molecule has 1 heteroatoms. The van der Waals surface area contributed by atoms with E-state index >= 15 is 0 Å². The van der Waals surface area contributed by atoms with Crippen LogP contribution in [0.5, 0.6) is 0 Å². The van der Waals surface area contributed by atoms with E-state index in [-0.39, 0.29) is 0 Å². The van der Waals surface area contributed by atoms with Gasteiger partial charge in [0.15, 0.2) is 0 Å². The summed E-state index contributed by atoms with van der Waals surface area (Å²) in [4.78, 5) is 0. The van der Waals surface area contributed by atoms with Gasteiger partial charge < -0.3 is 5.32 Å². The maximum absolute atomic E-state index is 3.21. The van der Waals surface area contributed by atoms with Crippen LogP contribution < -0.4 is 5.32 Å². The molecular weight excluding hydrogens is 122 g/mol. The molecule has 0 aliphatic heterocycles. The van der Waals surface area contributed by atoms with E-state index in [4.69, 9.17) is 0 Å². The minimum atomic E-state index is 0.824. The Bertz CT molecular complexity index is 61.1. The molecule has 1 N–H and O–H groups in total. The van der Waals surface area contributed by atoms with Crippen LogP contribution in [0.3, 0.4) is 0 Å². The molecule has 0 aromatic heterocycles. The van der Waals surface area contributed by atoms with Gasteiger partial charge in [-0.2, -0.15) is 0 Å². The molecule has 0 aliphatic rings. The van der Waals surface area contributed by atoms with E-state index in [1.807, 2.05) is 7.05 Å². The van der Waals surface area contributed by atoms with E-state index in [2.05, 4.69) is 26.1 Å². The molecule has 0 aliphatic carbocycles. The van der Waals surface area contributed by atoms with E-state index in [0.717, 1.165) is 18.4 Å². The molecule has 0 amide bonds. The molecule has 0 saturated carbocycles. The first-order chi connectivity index (χ1) is 4.72. The molecule has 0 fully saturated rings. The average Bonchev–Trinajstić information content (AvgIpc) is 1.89. The van der Waals surface area contributed by atoms with Crippen molar-refractivity contribution >= 4 is 0 Å². The SMILES string of the molecule is CCC[C@H](C)[C@@H](C)CNC. The summed E-state index contributed by atoms with van der Waals surface area (Å²) >= 11 is 0. The van der Waals surface area contributed by atoms with E-state index in [0.29, 0.717) is 0 Å².